The van der Waals surface area contributed by atoms with Crippen molar-refractivity contribution in [2.75, 3.05) is 19.0 Å². The lowest BCUT2D eigenvalue weighted by Gasteiger charge is -2.16. The van der Waals surface area contributed by atoms with Gasteiger partial charge in [0.05, 0.1) is 0 Å². The number of hydrogen-bond donors (Lipinski definition) is 0. The predicted octanol–water partition coefficient (Wildman–Crippen LogP) is 3.24. The van der Waals surface area contributed by atoms with E-state index in [0.717, 1.165) is 5.56 Å². The van der Waals surface area contributed by atoms with E-state index in [-0.39, 0.29) is 0 Å². The van der Waals surface area contributed by atoms with Crippen molar-refractivity contribution in [3.8, 4) is 0 Å². The fourth-order valence-electron chi connectivity index (χ4n) is 1.83. The van der Waals surface area contributed by atoms with Crippen LogP contribution >= 0.6 is 0 Å². The van der Waals surface area contributed by atoms with Crippen LogP contribution in [-0.2, 0) is 0 Å². The molecule has 2 rings (SSSR count). The summed E-state index contributed by atoms with van der Waals surface area (Å²) in [5.74, 6) is 0. The maximum atomic E-state index is 3.72. The third kappa shape index (κ3) is 1.61. The van der Waals surface area contributed by atoms with E-state index in [0.29, 0.717) is 0 Å². The zero-order chi connectivity index (χ0) is 10.8. The second-order valence-corrected chi connectivity index (χ2v) is 3.75. The molecular weight excluding hydrogens is 182 g/mol. The van der Waals surface area contributed by atoms with Crippen molar-refractivity contribution in [2.45, 2.75) is 0 Å². The van der Waals surface area contributed by atoms with Crippen LogP contribution < -0.4 is 4.90 Å². The van der Waals surface area contributed by atoms with Crippen LogP contribution in [-0.4, -0.2) is 14.1 Å². The molecule has 0 amide bonds. The van der Waals surface area contributed by atoms with Crippen molar-refractivity contribution in [3.05, 3.63) is 54.6 Å². The fourth-order valence-corrected chi connectivity index (χ4v) is 1.83. The summed E-state index contributed by atoms with van der Waals surface area (Å²) in [4.78, 5) is 2.12. The van der Waals surface area contributed by atoms with E-state index in [9.17, 15) is 0 Å². The van der Waals surface area contributed by atoms with Gasteiger partial charge in [0, 0.05) is 25.2 Å². The molecule has 0 fully saturated rings. The summed E-state index contributed by atoms with van der Waals surface area (Å²) in [5, 5.41) is 2.45. The van der Waals surface area contributed by atoms with Crippen LogP contribution in [0.2, 0.25) is 0 Å². The molecule has 0 aliphatic carbocycles. The molecule has 0 saturated carbocycles. The molecule has 0 aliphatic heterocycles. The lowest BCUT2D eigenvalue weighted by Crippen LogP contribution is -2.09. The van der Waals surface area contributed by atoms with Gasteiger partial charge in [0.1, 0.15) is 0 Å². The SMILES string of the molecule is C=[C]c1ccc(N(C)C)c2ccccc12. The summed E-state index contributed by atoms with van der Waals surface area (Å²) in [5.41, 5.74) is 2.29. The van der Waals surface area contributed by atoms with Crippen LogP contribution in [0.1, 0.15) is 5.56 Å². The van der Waals surface area contributed by atoms with E-state index in [1.165, 1.54) is 16.5 Å². The second-order valence-electron chi connectivity index (χ2n) is 3.75. The Labute approximate surface area is 90.6 Å². The van der Waals surface area contributed by atoms with Crippen LogP contribution in [0.15, 0.2) is 43.0 Å². The lowest BCUT2D eigenvalue weighted by atomic mass is 10.0. The Balaban J connectivity index is 2.83. The van der Waals surface area contributed by atoms with E-state index in [4.69, 9.17) is 0 Å². The molecule has 2 aromatic rings. The summed E-state index contributed by atoms with van der Waals surface area (Å²) in [6.45, 7) is 3.72. The molecule has 0 aromatic heterocycles. The Morgan fingerprint density at radius 1 is 1.00 bits per heavy atom. The highest BCUT2D eigenvalue weighted by Crippen LogP contribution is 2.28. The maximum Gasteiger partial charge on any atom is 0.0441 e. The zero-order valence-electron chi connectivity index (χ0n) is 9.12. The quantitative estimate of drug-likeness (QED) is 0.712. The molecule has 0 atom stereocenters. The number of anilines is 1. The highest BCUT2D eigenvalue weighted by atomic mass is 15.1. The van der Waals surface area contributed by atoms with Gasteiger partial charge >= 0.3 is 0 Å². The van der Waals surface area contributed by atoms with Gasteiger partial charge in [0.25, 0.3) is 0 Å². The molecule has 0 N–H and O–H groups in total. The Bertz CT molecular complexity index is 498. The molecule has 0 bridgehead atoms. The van der Waals surface area contributed by atoms with E-state index >= 15 is 0 Å². The first kappa shape index (κ1) is 9.78. The summed E-state index contributed by atoms with van der Waals surface area (Å²) in [7, 11) is 4.11. The van der Waals surface area contributed by atoms with Gasteiger partial charge in [-0.1, -0.05) is 36.9 Å². The van der Waals surface area contributed by atoms with Crippen molar-refractivity contribution in [1.82, 2.24) is 0 Å². The lowest BCUT2D eigenvalue weighted by molar-refractivity contribution is 1.14. The van der Waals surface area contributed by atoms with Gasteiger partial charge in [-0.3, -0.25) is 0 Å². The van der Waals surface area contributed by atoms with Crippen molar-refractivity contribution >= 4 is 16.5 Å². The van der Waals surface area contributed by atoms with E-state index < -0.39 is 0 Å². The van der Waals surface area contributed by atoms with Crippen molar-refractivity contribution < 1.29 is 0 Å². The number of benzene rings is 2. The number of hydrogen-bond acceptors (Lipinski definition) is 1. The van der Waals surface area contributed by atoms with Gasteiger partial charge < -0.3 is 4.90 Å². The Hall–Kier alpha value is -1.76. The summed E-state index contributed by atoms with van der Waals surface area (Å²) >= 11 is 0. The van der Waals surface area contributed by atoms with Crippen LogP contribution in [0.5, 0.6) is 0 Å². The third-order valence-corrected chi connectivity index (χ3v) is 2.57. The Morgan fingerprint density at radius 2 is 1.67 bits per heavy atom. The van der Waals surface area contributed by atoms with Crippen LogP contribution in [0.4, 0.5) is 5.69 Å². The van der Waals surface area contributed by atoms with E-state index in [1.54, 1.807) is 0 Å². The fraction of sp³-hybridized carbons (Fsp3) is 0.143. The highest BCUT2D eigenvalue weighted by Gasteiger charge is 2.04. The minimum atomic E-state index is 1.07. The molecule has 1 radical (unpaired) electrons. The normalized spacial score (nSPS) is 10.3. The second kappa shape index (κ2) is 3.77. The maximum absolute atomic E-state index is 3.72. The molecule has 0 unspecified atom stereocenters. The van der Waals surface area contributed by atoms with Crippen LogP contribution in [0.25, 0.3) is 10.8 Å². The predicted molar refractivity (Wildman–Crippen MR) is 66.2 cm³/mol. The Kier molecular flexibility index (Phi) is 2.46. The van der Waals surface area contributed by atoms with Crippen molar-refractivity contribution in [1.29, 1.82) is 0 Å². The molecule has 0 aliphatic rings. The minimum absolute atomic E-state index is 1.07. The summed E-state index contributed by atoms with van der Waals surface area (Å²) in [6, 6.07) is 12.5. The molecule has 15 heavy (non-hydrogen) atoms. The smallest absolute Gasteiger partial charge is 0.0441 e. The molecule has 0 saturated heterocycles. The molecule has 1 heteroatoms. The minimum Gasteiger partial charge on any atom is -0.377 e. The number of rotatable bonds is 2. The van der Waals surface area contributed by atoms with Crippen LogP contribution in [0, 0.1) is 6.08 Å². The first-order valence-corrected chi connectivity index (χ1v) is 4.96. The van der Waals surface area contributed by atoms with Gasteiger partial charge in [0.15, 0.2) is 0 Å². The van der Waals surface area contributed by atoms with Crippen molar-refractivity contribution in [2.24, 2.45) is 0 Å². The molecule has 0 spiro atoms. The van der Waals surface area contributed by atoms with Crippen LogP contribution in [0.3, 0.4) is 0 Å². The molecule has 2 aromatic carbocycles. The van der Waals surface area contributed by atoms with E-state index in [2.05, 4.69) is 62.0 Å². The molecule has 0 heterocycles. The van der Waals surface area contributed by atoms with Gasteiger partial charge in [-0.2, -0.15) is 0 Å². The van der Waals surface area contributed by atoms with Gasteiger partial charge in [-0.25, -0.2) is 0 Å². The van der Waals surface area contributed by atoms with Gasteiger partial charge in [-0.15, -0.1) is 0 Å². The number of fused-ring (bicyclic) bond motifs is 1. The van der Waals surface area contributed by atoms with Gasteiger partial charge in [-0.05, 0) is 23.1 Å². The highest BCUT2D eigenvalue weighted by molar-refractivity contribution is 5.96. The summed E-state index contributed by atoms with van der Waals surface area (Å²) in [6.07, 6.45) is 2.97. The van der Waals surface area contributed by atoms with Gasteiger partial charge in [0.2, 0.25) is 0 Å². The van der Waals surface area contributed by atoms with E-state index in [1.807, 2.05) is 6.07 Å². The molecular formula is C14H14N. The summed E-state index contributed by atoms with van der Waals surface area (Å²) < 4.78 is 0. The first-order chi connectivity index (χ1) is 7.24. The molecule has 75 valence electrons. The average Bonchev–Trinajstić information content (AvgIpc) is 2.27. The standard InChI is InChI=1S/C14H14N/c1-4-11-9-10-14(15(2)3)13-8-6-5-7-12(11)13/h5-10H,1H2,2-3H3. The topological polar surface area (TPSA) is 3.24 Å². The van der Waals surface area contributed by atoms with Crippen molar-refractivity contribution in [3.63, 3.8) is 0 Å². The monoisotopic (exact) mass is 196 g/mol. The largest absolute Gasteiger partial charge is 0.377 e. The molecule has 1 nitrogen and oxygen atoms in total. The Morgan fingerprint density at radius 3 is 2.27 bits per heavy atom. The first-order valence-electron chi connectivity index (χ1n) is 4.96. The third-order valence-electron chi connectivity index (χ3n) is 2.57. The zero-order valence-corrected chi connectivity index (χ0v) is 9.12. The number of nitrogens with zero attached hydrogens (tertiary/aromatic N) is 1. The average molecular weight is 196 g/mol.